The van der Waals surface area contributed by atoms with Crippen molar-refractivity contribution in [1.29, 1.82) is 0 Å². The van der Waals surface area contributed by atoms with Gasteiger partial charge in [-0.05, 0) is 17.5 Å². The number of amides is 2. The van der Waals surface area contributed by atoms with Crippen LogP contribution in [-0.2, 0) is 20.7 Å². The summed E-state index contributed by atoms with van der Waals surface area (Å²) < 4.78 is 4.84. The Labute approximate surface area is 124 Å². The molecule has 1 heterocycles. The zero-order valence-electron chi connectivity index (χ0n) is 12.1. The molecule has 1 unspecified atom stereocenters. The molecule has 1 aliphatic heterocycles. The molecule has 0 saturated carbocycles. The second kappa shape index (κ2) is 7.75. The van der Waals surface area contributed by atoms with Gasteiger partial charge < -0.3 is 20.7 Å². The molecular formula is C15H21N3O3. The largest absolute Gasteiger partial charge is 0.383 e. The van der Waals surface area contributed by atoms with Crippen molar-refractivity contribution in [3.8, 4) is 0 Å². The highest BCUT2D eigenvalue weighted by Gasteiger charge is 2.25. The summed E-state index contributed by atoms with van der Waals surface area (Å²) in [5.41, 5.74) is 2.17. The molecular weight excluding hydrogens is 270 g/mol. The minimum atomic E-state index is -0.387. The van der Waals surface area contributed by atoms with Crippen LogP contribution in [0.5, 0.6) is 0 Å². The predicted octanol–water partition coefficient (Wildman–Crippen LogP) is -0.248. The number of ether oxygens (including phenoxy) is 1. The van der Waals surface area contributed by atoms with Crippen molar-refractivity contribution in [2.45, 2.75) is 12.5 Å². The van der Waals surface area contributed by atoms with E-state index in [-0.39, 0.29) is 24.4 Å². The third-order valence-corrected chi connectivity index (χ3v) is 3.42. The standard InChI is InChI=1S/C15H21N3O3/c1-21-9-8-16-13(19)10-18-15(20)14-12-5-3-2-4-11(12)6-7-17-14/h2-5,14,17H,6-10H2,1H3,(H,16,19)(H,18,20). The van der Waals surface area contributed by atoms with Crippen LogP contribution < -0.4 is 16.0 Å². The van der Waals surface area contributed by atoms with Gasteiger partial charge in [0.05, 0.1) is 13.2 Å². The van der Waals surface area contributed by atoms with Crippen LogP contribution in [0.3, 0.4) is 0 Å². The number of carbonyl (C=O) groups excluding carboxylic acids is 2. The smallest absolute Gasteiger partial charge is 0.242 e. The lowest BCUT2D eigenvalue weighted by Crippen LogP contribution is -2.45. The summed E-state index contributed by atoms with van der Waals surface area (Å²) in [5.74, 6) is -0.395. The number of hydrogen-bond donors (Lipinski definition) is 3. The van der Waals surface area contributed by atoms with Gasteiger partial charge in [-0.25, -0.2) is 0 Å². The molecule has 1 aromatic rings. The molecule has 2 rings (SSSR count). The lowest BCUT2D eigenvalue weighted by Gasteiger charge is -2.25. The van der Waals surface area contributed by atoms with E-state index in [0.717, 1.165) is 18.5 Å². The number of benzene rings is 1. The second-order valence-corrected chi connectivity index (χ2v) is 4.90. The van der Waals surface area contributed by atoms with Crippen molar-refractivity contribution in [2.24, 2.45) is 0 Å². The molecule has 21 heavy (non-hydrogen) atoms. The first-order chi connectivity index (χ1) is 10.2. The van der Waals surface area contributed by atoms with Crippen molar-refractivity contribution in [2.75, 3.05) is 33.4 Å². The Morgan fingerprint density at radius 1 is 1.33 bits per heavy atom. The molecule has 2 amide bonds. The number of methoxy groups -OCH3 is 1. The van der Waals surface area contributed by atoms with Crippen LogP contribution >= 0.6 is 0 Å². The highest BCUT2D eigenvalue weighted by molar-refractivity contribution is 5.88. The van der Waals surface area contributed by atoms with E-state index in [0.29, 0.717) is 13.2 Å². The van der Waals surface area contributed by atoms with Crippen molar-refractivity contribution < 1.29 is 14.3 Å². The third-order valence-electron chi connectivity index (χ3n) is 3.42. The first-order valence-electron chi connectivity index (χ1n) is 7.07. The summed E-state index contributed by atoms with van der Waals surface area (Å²) >= 11 is 0. The zero-order chi connectivity index (χ0) is 15.1. The third kappa shape index (κ3) is 4.27. The van der Waals surface area contributed by atoms with Crippen LogP contribution in [0.15, 0.2) is 24.3 Å². The molecule has 0 bridgehead atoms. The van der Waals surface area contributed by atoms with Gasteiger partial charge in [-0.2, -0.15) is 0 Å². The first-order valence-corrected chi connectivity index (χ1v) is 7.07. The molecule has 1 atom stereocenters. The number of rotatable bonds is 6. The molecule has 0 fully saturated rings. The van der Waals surface area contributed by atoms with Crippen LogP contribution in [0.2, 0.25) is 0 Å². The Balaban J connectivity index is 1.86. The highest BCUT2D eigenvalue weighted by atomic mass is 16.5. The average molecular weight is 291 g/mol. The molecule has 0 aromatic heterocycles. The summed E-state index contributed by atoms with van der Waals surface area (Å²) in [7, 11) is 1.57. The highest BCUT2D eigenvalue weighted by Crippen LogP contribution is 2.22. The molecule has 0 radical (unpaired) electrons. The van der Waals surface area contributed by atoms with Crippen molar-refractivity contribution in [3.05, 3.63) is 35.4 Å². The SMILES string of the molecule is COCCNC(=O)CNC(=O)C1NCCc2ccccc21. The van der Waals surface area contributed by atoms with Crippen LogP contribution in [-0.4, -0.2) is 45.2 Å². The number of hydrogen-bond acceptors (Lipinski definition) is 4. The maximum absolute atomic E-state index is 12.2. The van der Waals surface area contributed by atoms with Crippen LogP contribution in [0, 0.1) is 0 Å². The summed E-state index contributed by atoms with van der Waals surface area (Å²) in [6.07, 6.45) is 0.914. The van der Waals surface area contributed by atoms with Gasteiger partial charge in [-0.1, -0.05) is 24.3 Å². The van der Waals surface area contributed by atoms with Gasteiger partial charge in [0.15, 0.2) is 0 Å². The van der Waals surface area contributed by atoms with Crippen LogP contribution in [0.1, 0.15) is 17.2 Å². The normalized spacial score (nSPS) is 16.9. The molecule has 3 N–H and O–H groups in total. The van der Waals surface area contributed by atoms with Gasteiger partial charge >= 0.3 is 0 Å². The lowest BCUT2D eigenvalue weighted by molar-refractivity contribution is -0.127. The van der Waals surface area contributed by atoms with E-state index in [2.05, 4.69) is 16.0 Å². The molecule has 114 valence electrons. The Morgan fingerprint density at radius 3 is 2.95 bits per heavy atom. The number of fused-ring (bicyclic) bond motifs is 1. The molecule has 1 aromatic carbocycles. The fourth-order valence-corrected chi connectivity index (χ4v) is 2.36. The lowest BCUT2D eigenvalue weighted by atomic mass is 9.94. The molecule has 6 nitrogen and oxygen atoms in total. The Hall–Kier alpha value is -1.92. The van der Waals surface area contributed by atoms with Gasteiger partial charge in [0.2, 0.25) is 11.8 Å². The number of carbonyl (C=O) groups is 2. The van der Waals surface area contributed by atoms with Crippen LogP contribution in [0.4, 0.5) is 0 Å². The Kier molecular flexibility index (Phi) is 5.71. The van der Waals surface area contributed by atoms with E-state index in [4.69, 9.17) is 4.74 Å². The fraction of sp³-hybridized carbons (Fsp3) is 0.467. The van der Waals surface area contributed by atoms with Crippen LogP contribution in [0.25, 0.3) is 0 Å². The first kappa shape index (κ1) is 15.5. The molecule has 6 heteroatoms. The predicted molar refractivity (Wildman–Crippen MR) is 78.8 cm³/mol. The minimum absolute atomic E-state index is 0.0249. The maximum Gasteiger partial charge on any atom is 0.242 e. The van der Waals surface area contributed by atoms with Crippen molar-refractivity contribution in [3.63, 3.8) is 0 Å². The van der Waals surface area contributed by atoms with Gasteiger partial charge in [-0.3, -0.25) is 9.59 Å². The van der Waals surface area contributed by atoms with E-state index in [1.165, 1.54) is 5.56 Å². The Morgan fingerprint density at radius 2 is 2.14 bits per heavy atom. The van der Waals surface area contributed by atoms with E-state index in [1.807, 2.05) is 24.3 Å². The van der Waals surface area contributed by atoms with Crippen molar-refractivity contribution >= 4 is 11.8 Å². The molecule has 0 saturated heterocycles. The summed E-state index contributed by atoms with van der Waals surface area (Å²) in [4.78, 5) is 23.8. The van der Waals surface area contributed by atoms with Gasteiger partial charge in [-0.15, -0.1) is 0 Å². The minimum Gasteiger partial charge on any atom is -0.383 e. The molecule has 1 aliphatic rings. The molecule has 0 aliphatic carbocycles. The number of nitrogens with one attached hydrogen (secondary N) is 3. The maximum atomic E-state index is 12.2. The van der Waals surface area contributed by atoms with E-state index >= 15 is 0 Å². The van der Waals surface area contributed by atoms with Gasteiger partial charge in [0, 0.05) is 20.2 Å². The van der Waals surface area contributed by atoms with Gasteiger partial charge in [0.25, 0.3) is 0 Å². The van der Waals surface area contributed by atoms with Gasteiger partial charge in [0.1, 0.15) is 6.04 Å². The average Bonchev–Trinajstić information content (AvgIpc) is 2.52. The van der Waals surface area contributed by atoms with E-state index in [9.17, 15) is 9.59 Å². The van der Waals surface area contributed by atoms with Crippen molar-refractivity contribution in [1.82, 2.24) is 16.0 Å². The molecule has 0 spiro atoms. The quantitative estimate of drug-likeness (QED) is 0.632. The van der Waals surface area contributed by atoms with E-state index < -0.39 is 0 Å². The summed E-state index contributed by atoms with van der Waals surface area (Å²) in [5, 5.41) is 8.51. The summed E-state index contributed by atoms with van der Waals surface area (Å²) in [6.45, 7) is 1.63. The summed E-state index contributed by atoms with van der Waals surface area (Å²) in [6, 6.07) is 7.49. The monoisotopic (exact) mass is 291 g/mol. The second-order valence-electron chi connectivity index (χ2n) is 4.90. The Bertz CT molecular complexity index is 505. The fourth-order valence-electron chi connectivity index (χ4n) is 2.36. The van der Waals surface area contributed by atoms with E-state index in [1.54, 1.807) is 7.11 Å². The zero-order valence-corrected chi connectivity index (χ0v) is 12.1. The topological polar surface area (TPSA) is 79.5 Å².